The number of anilines is 1. The first kappa shape index (κ1) is 14.7. The molecule has 1 saturated heterocycles. The van der Waals surface area contributed by atoms with Gasteiger partial charge < -0.3 is 14.4 Å². The fourth-order valence-electron chi connectivity index (χ4n) is 4.27. The van der Waals surface area contributed by atoms with Gasteiger partial charge in [0.2, 0.25) is 0 Å². The number of methoxy groups -OCH3 is 1. The van der Waals surface area contributed by atoms with Crippen LogP contribution in [0.1, 0.15) is 45.1 Å². The SMILES string of the molecule is CCC(CC)CC12CCOC1N(C)c1ccc(OC)cc12. The van der Waals surface area contributed by atoms with Gasteiger partial charge >= 0.3 is 0 Å². The van der Waals surface area contributed by atoms with E-state index in [1.54, 1.807) is 7.11 Å². The van der Waals surface area contributed by atoms with Gasteiger partial charge in [0.15, 0.2) is 0 Å². The molecule has 1 aromatic carbocycles. The lowest BCUT2D eigenvalue weighted by atomic mass is 9.72. The number of hydrogen-bond acceptors (Lipinski definition) is 3. The van der Waals surface area contributed by atoms with E-state index in [4.69, 9.17) is 9.47 Å². The molecule has 2 aliphatic rings. The lowest BCUT2D eigenvalue weighted by molar-refractivity contribution is 0.0791. The van der Waals surface area contributed by atoms with E-state index in [9.17, 15) is 0 Å². The van der Waals surface area contributed by atoms with Gasteiger partial charge in [-0.05, 0) is 42.5 Å². The molecule has 21 heavy (non-hydrogen) atoms. The molecule has 3 rings (SSSR count). The Hall–Kier alpha value is -1.22. The Morgan fingerprint density at radius 1 is 1.38 bits per heavy atom. The molecule has 0 aromatic heterocycles. The van der Waals surface area contributed by atoms with Crippen molar-refractivity contribution in [2.45, 2.75) is 51.2 Å². The normalized spacial score (nSPS) is 27.1. The van der Waals surface area contributed by atoms with E-state index < -0.39 is 0 Å². The van der Waals surface area contributed by atoms with Crippen LogP contribution in [-0.2, 0) is 10.2 Å². The van der Waals surface area contributed by atoms with Crippen LogP contribution < -0.4 is 9.64 Å². The first-order chi connectivity index (χ1) is 10.2. The van der Waals surface area contributed by atoms with E-state index in [2.05, 4.69) is 44.0 Å². The molecule has 0 bridgehead atoms. The van der Waals surface area contributed by atoms with Gasteiger partial charge in [-0.2, -0.15) is 0 Å². The van der Waals surface area contributed by atoms with Gasteiger partial charge in [0.05, 0.1) is 13.7 Å². The van der Waals surface area contributed by atoms with Crippen LogP contribution in [0.5, 0.6) is 5.75 Å². The van der Waals surface area contributed by atoms with E-state index in [-0.39, 0.29) is 11.6 Å². The van der Waals surface area contributed by atoms with Crippen LogP contribution in [0.2, 0.25) is 0 Å². The number of likely N-dealkylation sites (N-methyl/N-ethyl adjacent to an activating group) is 1. The number of fused-ring (bicyclic) bond motifs is 3. The van der Waals surface area contributed by atoms with Gasteiger partial charge in [0.1, 0.15) is 12.0 Å². The van der Waals surface area contributed by atoms with Crippen molar-refractivity contribution in [2.24, 2.45) is 5.92 Å². The van der Waals surface area contributed by atoms with Gasteiger partial charge in [-0.1, -0.05) is 26.7 Å². The number of rotatable bonds is 5. The molecule has 0 radical (unpaired) electrons. The molecule has 1 aromatic rings. The third kappa shape index (κ3) is 2.13. The lowest BCUT2D eigenvalue weighted by Gasteiger charge is -2.33. The molecule has 2 aliphatic heterocycles. The van der Waals surface area contributed by atoms with Crippen molar-refractivity contribution in [3.05, 3.63) is 23.8 Å². The zero-order valence-electron chi connectivity index (χ0n) is 13.7. The quantitative estimate of drug-likeness (QED) is 0.819. The Bertz CT molecular complexity index is 512. The molecule has 0 aliphatic carbocycles. The molecule has 2 unspecified atom stereocenters. The highest BCUT2D eigenvalue weighted by molar-refractivity contribution is 5.65. The van der Waals surface area contributed by atoms with Crippen molar-refractivity contribution >= 4 is 5.69 Å². The maximum absolute atomic E-state index is 6.12. The summed E-state index contributed by atoms with van der Waals surface area (Å²) in [5.41, 5.74) is 2.89. The molecule has 3 heteroatoms. The number of benzene rings is 1. The number of nitrogens with zero attached hydrogens (tertiary/aromatic N) is 1. The van der Waals surface area contributed by atoms with Crippen molar-refractivity contribution in [3.63, 3.8) is 0 Å². The van der Waals surface area contributed by atoms with Crippen molar-refractivity contribution in [1.82, 2.24) is 0 Å². The van der Waals surface area contributed by atoms with Gasteiger partial charge in [0.25, 0.3) is 0 Å². The standard InChI is InChI=1S/C18H27NO2/c1-5-13(6-2)12-18-9-10-21-17(18)19(3)16-8-7-14(20-4)11-15(16)18/h7-8,11,13,17H,5-6,9-10,12H2,1-4H3. The largest absolute Gasteiger partial charge is 0.497 e. The summed E-state index contributed by atoms with van der Waals surface area (Å²) in [4.78, 5) is 2.32. The summed E-state index contributed by atoms with van der Waals surface area (Å²) in [6.07, 6.45) is 5.02. The fraction of sp³-hybridized carbons (Fsp3) is 0.667. The second kappa shape index (κ2) is 5.53. The first-order valence-electron chi connectivity index (χ1n) is 8.19. The molecule has 116 valence electrons. The third-order valence-corrected chi connectivity index (χ3v) is 5.58. The van der Waals surface area contributed by atoms with E-state index in [1.807, 2.05) is 0 Å². The molecule has 2 atom stereocenters. The molecule has 0 N–H and O–H groups in total. The van der Waals surface area contributed by atoms with E-state index in [1.165, 1.54) is 30.5 Å². The van der Waals surface area contributed by atoms with Crippen LogP contribution in [-0.4, -0.2) is 27.0 Å². The summed E-state index contributed by atoms with van der Waals surface area (Å²) >= 11 is 0. The van der Waals surface area contributed by atoms with Crippen molar-refractivity contribution < 1.29 is 9.47 Å². The maximum atomic E-state index is 6.12. The minimum atomic E-state index is 0.148. The molecular formula is C18H27NO2. The summed E-state index contributed by atoms with van der Waals surface area (Å²) in [7, 11) is 3.91. The molecule has 3 nitrogen and oxygen atoms in total. The second-order valence-corrected chi connectivity index (χ2v) is 6.51. The highest BCUT2D eigenvalue weighted by Crippen LogP contribution is 2.54. The Morgan fingerprint density at radius 2 is 2.14 bits per heavy atom. The fourth-order valence-corrected chi connectivity index (χ4v) is 4.27. The molecule has 0 amide bonds. The second-order valence-electron chi connectivity index (χ2n) is 6.51. The van der Waals surface area contributed by atoms with Crippen molar-refractivity contribution in [2.75, 3.05) is 25.7 Å². The molecule has 0 spiro atoms. The van der Waals surface area contributed by atoms with E-state index in [0.29, 0.717) is 0 Å². The van der Waals surface area contributed by atoms with E-state index >= 15 is 0 Å². The Labute approximate surface area is 128 Å². The topological polar surface area (TPSA) is 21.7 Å². The Kier molecular flexibility index (Phi) is 3.87. The minimum Gasteiger partial charge on any atom is -0.497 e. The molecular weight excluding hydrogens is 262 g/mol. The Balaban J connectivity index is 2.05. The van der Waals surface area contributed by atoms with Gasteiger partial charge in [-0.3, -0.25) is 0 Å². The van der Waals surface area contributed by atoms with E-state index in [0.717, 1.165) is 24.7 Å². The molecule has 0 saturated carbocycles. The maximum Gasteiger partial charge on any atom is 0.139 e. The highest BCUT2D eigenvalue weighted by Gasteiger charge is 2.54. The predicted molar refractivity (Wildman–Crippen MR) is 86.1 cm³/mol. The van der Waals surface area contributed by atoms with Crippen LogP contribution in [0, 0.1) is 5.92 Å². The summed E-state index contributed by atoms with van der Waals surface area (Å²) in [6.45, 7) is 5.48. The van der Waals surface area contributed by atoms with Crippen LogP contribution >= 0.6 is 0 Å². The van der Waals surface area contributed by atoms with Crippen LogP contribution in [0.3, 0.4) is 0 Å². The summed E-state index contributed by atoms with van der Waals surface area (Å²) in [5.74, 6) is 1.72. The monoisotopic (exact) mass is 289 g/mol. The predicted octanol–water partition coefficient (Wildman–Crippen LogP) is 3.96. The zero-order chi connectivity index (χ0) is 15.0. The van der Waals surface area contributed by atoms with Gasteiger partial charge in [0, 0.05) is 18.2 Å². The molecule has 2 heterocycles. The number of ether oxygens (including phenoxy) is 2. The third-order valence-electron chi connectivity index (χ3n) is 5.58. The first-order valence-corrected chi connectivity index (χ1v) is 8.19. The Morgan fingerprint density at radius 3 is 2.81 bits per heavy atom. The van der Waals surface area contributed by atoms with Crippen LogP contribution in [0.15, 0.2) is 18.2 Å². The zero-order valence-corrected chi connectivity index (χ0v) is 13.7. The minimum absolute atomic E-state index is 0.148. The van der Waals surface area contributed by atoms with Crippen LogP contribution in [0.25, 0.3) is 0 Å². The summed E-state index contributed by atoms with van der Waals surface area (Å²) < 4.78 is 11.6. The average molecular weight is 289 g/mol. The van der Waals surface area contributed by atoms with Crippen molar-refractivity contribution in [3.8, 4) is 5.75 Å². The van der Waals surface area contributed by atoms with Gasteiger partial charge in [-0.25, -0.2) is 0 Å². The summed E-state index contributed by atoms with van der Waals surface area (Å²) in [5, 5.41) is 0. The van der Waals surface area contributed by atoms with Gasteiger partial charge in [-0.15, -0.1) is 0 Å². The highest BCUT2D eigenvalue weighted by atomic mass is 16.5. The average Bonchev–Trinajstić information content (AvgIpc) is 3.03. The summed E-state index contributed by atoms with van der Waals surface area (Å²) in [6, 6.07) is 6.48. The lowest BCUT2D eigenvalue weighted by Crippen LogP contribution is -2.41. The molecule has 1 fully saturated rings. The number of hydrogen-bond donors (Lipinski definition) is 0. The van der Waals surface area contributed by atoms with Crippen LogP contribution in [0.4, 0.5) is 5.69 Å². The smallest absolute Gasteiger partial charge is 0.139 e. The van der Waals surface area contributed by atoms with Crippen molar-refractivity contribution in [1.29, 1.82) is 0 Å².